The summed E-state index contributed by atoms with van der Waals surface area (Å²) >= 11 is 7.73. The highest BCUT2D eigenvalue weighted by molar-refractivity contribution is 7.09. The lowest BCUT2D eigenvalue weighted by Gasteiger charge is -2.05. The molecule has 0 fully saturated rings. The van der Waals surface area contributed by atoms with Crippen molar-refractivity contribution in [3.8, 4) is 0 Å². The molecule has 0 radical (unpaired) electrons. The summed E-state index contributed by atoms with van der Waals surface area (Å²) in [5.41, 5.74) is 0.952. The number of hydrogen-bond donors (Lipinski definition) is 1. The van der Waals surface area contributed by atoms with Gasteiger partial charge in [0.05, 0.1) is 18.6 Å². The molecule has 2 aromatic heterocycles. The smallest absolute Gasteiger partial charge is 0.222 e. The van der Waals surface area contributed by atoms with Gasteiger partial charge in [0, 0.05) is 16.7 Å². The van der Waals surface area contributed by atoms with Crippen LogP contribution in [0.1, 0.15) is 11.3 Å². The molecule has 0 spiro atoms. The van der Waals surface area contributed by atoms with E-state index in [9.17, 15) is 4.79 Å². The van der Waals surface area contributed by atoms with Gasteiger partial charge in [0.15, 0.2) is 5.15 Å². The average molecular weight is 320 g/mol. The molecule has 6 heteroatoms. The minimum atomic E-state index is 0.0131. The molecule has 21 heavy (non-hydrogen) atoms. The fraction of sp³-hybridized carbons (Fsp3) is 0.200. The maximum Gasteiger partial charge on any atom is 0.222 e. The third-order valence-corrected chi connectivity index (χ3v) is 4.36. The predicted molar refractivity (Wildman–Crippen MR) is 85.5 cm³/mol. The van der Waals surface area contributed by atoms with E-state index in [1.165, 1.54) is 0 Å². The number of amides is 1. The zero-order valence-corrected chi connectivity index (χ0v) is 12.8. The molecule has 0 aliphatic carbocycles. The summed E-state index contributed by atoms with van der Waals surface area (Å²) in [6, 6.07) is 11.7. The van der Waals surface area contributed by atoms with Gasteiger partial charge in [-0.3, -0.25) is 9.48 Å². The zero-order chi connectivity index (χ0) is 14.7. The van der Waals surface area contributed by atoms with Gasteiger partial charge in [-0.05, 0) is 23.6 Å². The fourth-order valence-corrected chi connectivity index (χ4v) is 3.05. The number of hydrogen-bond acceptors (Lipinski definition) is 3. The number of carbonyl (C=O) groups is 1. The number of benzene rings is 1. The first-order chi connectivity index (χ1) is 10.2. The van der Waals surface area contributed by atoms with Gasteiger partial charge in [0.25, 0.3) is 0 Å². The third kappa shape index (κ3) is 3.25. The molecule has 1 aromatic carbocycles. The Bertz CT molecular complexity index is 751. The van der Waals surface area contributed by atoms with Crippen LogP contribution in [0.25, 0.3) is 10.9 Å². The summed E-state index contributed by atoms with van der Waals surface area (Å²) in [5.74, 6) is 0.0131. The number of thiophene rings is 1. The standard InChI is InChI=1S/C15H14ClN3OS/c16-15-12-5-1-2-6-13(12)19(18-15)8-7-14(20)17-10-11-4-3-9-21-11/h1-6,9H,7-8,10H2,(H,17,20). The number of nitrogens with zero attached hydrogens (tertiary/aromatic N) is 2. The van der Waals surface area contributed by atoms with Crippen LogP contribution in [0.3, 0.4) is 0 Å². The van der Waals surface area contributed by atoms with Gasteiger partial charge >= 0.3 is 0 Å². The highest BCUT2D eigenvalue weighted by atomic mass is 35.5. The number of para-hydroxylation sites is 1. The lowest BCUT2D eigenvalue weighted by Crippen LogP contribution is -2.23. The number of aromatic nitrogens is 2. The van der Waals surface area contributed by atoms with E-state index in [2.05, 4.69) is 10.4 Å². The number of carbonyl (C=O) groups excluding carboxylic acids is 1. The molecule has 2 heterocycles. The van der Waals surface area contributed by atoms with Crippen molar-refractivity contribution >= 4 is 39.7 Å². The molecule has 4 nitrogen and oxygen atoms in total. The van der Waals surface area contributed by atoms with Gasteiger partial charge in [-0.2, -0.15) is 5.10 Å². The Kier molecular flexibility index (Phi) is 4.22. The van der Waals surface area contributed by atoms with E-state index in [-0.39, 0.29) is 5.91 Å². The van der Waals surface area contributed by atoms with Crippen LogP contribution < -0.4 is 5.32 Å². The Morgan fingerprint density at radius 3 is 2.95 bits per heavy atom. The molecule has 0 unspecified atom stereocenters. The quantitative estimate of drug-likeness (QED) is 0.783. The van der Waals surface area contributed by atoms with Crippen molar-refractivity contribution in [1.29, 1.82) is 0 Å². The number of halogens is 1. The maximum absolute atomic E-state index is 11.9. The number of nitrogens with one attached hydrogen (secondary N) is 1. The molecule has 0 bridgehead atoms. The van der Waals surface area contributed by atoms with Crippen LogP contribution >= 0.6 is 22.9 Å². The second-order valence-corrected chi connectivity index (χ2v) is 6.03. The van der Waals surface area contributed by atoms with Crippen LogP contribution in [0.5, 0.6) is 0 Å². The first-order valence-corrected chi connectivity index (χ1v) is 7.90. The Morgan fingerprint density at radius 1 is 1.29 bits per heavy atom. The molecule has 0 saturated carbocycles. The van der Waals surface area contributed by atoms with Crippen LogP contribution in [-0.2, 0) is 17.9 Å². The molecular weight excluding hydrogens is 306 g/mol. The minimum Gasteiger partial charge on any atom is -0.351 e. The summed E-state index contributed by atoms with van der Waals surface area (Å²) < 4.78 is 1.78. The average Bonchev–Trinajstić information content (AvgIpc) is 3.12. The van der Waals surface area contributed by atoms with Crippen LogP contribution in [0, 0.1) is 0 Å². The fourth-order valence-electron chi connectivity index (χ4n) is 2.15. The monoisotopic (exact) mass is 319 g/mol. The number of aryl methyl sites for hydroxylation is 1. The SMILES string of the molecule is O=C(CCn1nc(Cl)c2ccccc21)NCc1cccs1. The first-order valence-electron chi connectivity index (χ1n) is 6.64. The van der Waals surface area contributed by atoms with Crippen molar-refractivity contribution in [2.24, 2.45) is 0 Å². The zero-order valence-electron chi connectivity index (χ0n) is 11.3. The first kappa shape index (κ1) is 14.1. The van der Waals surface area contributed by atoms with E-state index in [0.717, 1.165) is 15.8 Å². The number of rotatable bonds is 5. The summed E-state index contributed by atoms with van der Waals surface area (Å²) in [7, 11) is 0. The van der Waals surface area contributed by atoms with Crippen molar-refractivity contribution in [2.45, 2.75) is 19.5 Å². The molecule has 0 saturated heterocycles. The predicted octanol–water partition coefficient (Wildman–Crippen LogP) is 3.46. The van der Waals surface area contributed by atoms with Gasteiger partial charge in [0.2, 0.25) is 5.91 Å². The van der Waals surface area contributed by atoms with E-state index in [0.29, 0.717) is 24.7 Å². The largest absolute Gasteiger partial charge is 0.351 e. The molecule has 0 aliphatic rings. The molecule has 1 amide bonds. The lowest BCUT2D eigenvalue weighted by atomic mass is 10.2. The highest BCUT2D eigenvalue weighted by Crippen LogP contribution is 2.22. The van der Waals surface area contributed by atoms with E-state index in [1.54, 1.807) is 16.0 Å². The van der Waals surface area contributed by atoms with Gasteiger partial charge in [-0.1, -0.05) is 29.8 Å². The van der Waals surface area contributed by atoms with Gasteiger partial charge in [-0.15, -0.1) is 11.3 Å². The Balaban J connectivity index is 1.60. The van der Waals surface area contributed by atoms with Crippen LogP contribution in [0.2, 0.25) is 5.15 Å². The number of fused-ring (bicyclic) bond motifs is 1. The van der Waals surface area contributed by atoms with Gasteiger partial charge in [0.1, 0.15) is 0 Å². The minimum absolute atomic E-state index is 0.0131. The van der Waals surface area contributed by atoms with Crippen molar-refractivity contribution in [1.82, 2.24) is 15.1 Å². The van der Waals surface area contributed by atoms with E-state index in [1.807, 2.05) is 41.8 Å². The molecule has 3 rings (SSSR count). The highest BCUT2D eigenvalue weighted by Gasteiger charge is 2.09. The Labute approximate surface area is 131 Å². The maximum atomic E-state index is 11.9. The summed E-state index contributed by atoms with van der Waals surface area (Å²) in [4.78, 5) is 13.0. The summed E-state index contributed by atoms with van der Waals surface area (Å²) in [5, 5.41) is 10.6. The normalized spacial score (nSPS) is 10.9. The van der Waals surface area contributed by atoms with Crippen LogP contribution in [0.4, 0.5) is 0 Å². The van der Waals surface area contributed by atoms with Crippen molar-refractivity contribution in [2.75, 3.05) is 0 Å². The topological polar surface area (TPSA) is 46.9 Å². The molecular formula is C15H14ClN3OS. The molecule has 108 valence electrons. The molecule has 3 aromatic rings. The molecule has 0 aliphatic heterocycles. The third-order valence-electron chi connectivity index (χ3n) is 3.20. The van der Waals surface area contributed by atoms with Crippen molar-refractivity contribution in [3.63, 3.8) is 0 Å². The Morgan fingerprint density at radius 2 is 2.14 bits per heavy atom. The summed E-state index contributed by atoms with van der Waals surface area (Å²) in [6.07, 6.45) is 0.382. The van der Waals surface area contributed by atoms with E-state index >= 15 is 0 Å². The lowest BCUT2D eigenvalue weighted by molar-refractivity contribution is -0.121. The van der Waals surface area contributed by atoms with Crippen LogP contribution in [0.15, 0.2) is 41.8 Å². The summed E-state index contributed by atoms with van der Waals surface area (Å²) in [6.45, 7) is 1.10. The van der Waals surface area contributed by atoms with Crippen LogP contribution in [-0.4, -0.2) is 15.7 Å². The van der Waals surface area contributed by atoms with E-state index < -0.39 is 0 Å². The Hall–Kier alpha value is -1.85. The van der Waals surface area contributed by atoms with Gasteiger partial charge in [-0.25, -0.2) is 0 Å². The van der Waals surface area contributed by atoms with Crippen molar-refractivity contribution < 1.29 is 4.79 Å². The molecule has 1 N–H and O–H groups in total. The second kappa shape index (κ2) is 6.28. The molecule has 0 atom stereocenters. The van der Waals surface area contributed by atoms with Gasteiger partial charge < -0.3 is 5.32 Å². The van der Waals surface area contributed by atoms with Crippen molar-refractivity contribution in [3.05, 3.63) is 51.8 Å². The second-order valence-electron chi connectivity index (χ2n) is 4.64. The van der Waals surface area contributed by atoms with E-state index in [4.69, 9.17) is 11.6 Å².